The highest BCUT2D eigenvalue weighted by molar-refractivity contribution is 7.80. The molecule has 0 saturated heterocycles. The van der Waals surface area contributed by atoms with E-state index >= 15 is 0 Å². The highest BCUT2D eigenvalue weighted by Gasteiger charge is 2.14. The van der Waals surface area contributed by atoms with Gasteiger partial charge in [-0.2, -0.15) is 0 Å². The van der Waals surface area contributed by atoms with Gasteiger partial charge < -0.3 is 14.8 Å². The van der Waals surface area contributed by atoms with E-state index in [1.54, 1.807) is 36.4 Å². The molecule has 8 heteroatoms. The molecule has 0 bridgehead atoms. The van der Waals surface area contributed by atoms with E-state index in [2.05, 4.69) is 10.6 Å². The summed E-state index contributed by atoms with van der Waals surface area (Å²) in [6.07, 6.45) is 0.761. The minimum absolute atomic E-state index is 0.100. The van der Waals surface area contributed by atoms with Crippen LogP contribution in [0.3, 0.4) is 0 Å². The van der Waals surface area contributed by atoms with Crippen molar-refractivity contribution in [3.63, 3.8) is 0 Å². The Morgan fingerprint density at radius 2 is 1.85 bits per heavy atom. The van der Waals surface area contributed by atoms with Crippen LogP contribution in [-0.2, 0) is 4.74 Å². The topological polar surface area (TPSA) is 76.7 Å². The molecule has 0 aliphatic carbocycles. The van der Waals surface area contributed by atoms with Gasteiger partial charge in [0.25, 0.3) is 5.91 Å². The molecule has 0 fully saturated rings. The van der Waals surface area contributed by atoms with Crippen LogP contribution >= 0.6 is 23.8 Å². The van der Waals surface area contributed by atoms with Crippen molar-refractivity contribution in [3.8, 4) is 5.75 Å². The number of methoxy groups -OCH3 is 1. The number of carbonyl (C=O) groups is 2. The van der Waals surface area contributed by atoms with Gasteiger partial charge in [0, 0.05) is 10.7 Å². The number of esters is 1. The summed E-state index contributed by atoms with van der Waals surface area (Å²) in [5.41, 5.74) is 1.32. The molecule has 0 aromatic heterocycles. The quantitative estimate of drug-likeness (QED) is 0.557. The largest absolute Gasteiger partial charge is 0.496 e. The lowest BCUT2D eigenvalue weighted by Gasteiger charge is -2.12. The summed E-state index contributed by atoms with van der Waals surface area (Å²) in [5, 5.41) is 5.95. The second-order valence-electron chi connectivity index (χ2n) is 5.47. The first-order chi connectivity index (χ1) is 12.9. The predicted molar refractivity (Wildman–Crippen MR) is 109 cm³/mol. The molecule has 0 radical (unpaired) electrons. The van der Waals surface area contributed by atoms with Crippen molar-refractivity contribution >= 4 is 46.5 Å². The van der Waals surface area contributed by atoms with E-state index in [-0.39, 0.29) is 16.6 Å². The van der Waals surface area contributed by atoms with E-state index in [0.717, 1.165) is 6.42 Å². The third-order valence-electron chi connectivity index (χ3n) is 3.45. The molecule has 0 heterocycles. The van der Waals surface area contributed by atoms with E-state index in [0.29, 0.717) is 28.6 Å². The number of ether oxygens (including phenoxy) is 2. The molecule has 6 nitrogen and oxygen atoms in total. The molecule has 2 aromatic carbocycles. The van der Waals surface area contributed by atoms with Gasteiger partial charge >= 0.3 is 5.97 Å². The summed E-state index contributed by atoms with van der Waals surface area (Å²) in [5.74, 6) is -0.450. The number of benzene rings is 2. The van der Waals surface area contributed by atoms with Crippen LogP contribution in [0.1, 0.15) is 34.1 Å². The highest BCUT2D eigenvalue weighted by atomic mass is 35.5. The summed E-state index contributed by atoms with van der Waals surface area (Å²) < 4.78 is 10.2. The molecule has 0 unspecified atom stereocenters. The van der Waals surface area contributed by atoms with Crippen LogP contribution in [0.25, 0.3) is 0 Å². The lowest BCUT2D eigenvalue weighted by molar-refractivity contribution is 0.0505. The van der Waals surface area contributed by atoms with Crippen molar-refractivity contribution in [2.45, 2.75) is 13.3 Å². The summed E-state index contributed by atoms with van der Waals surface area (Å²) in [6.45, 7) is 2.30. The zero-order valence-corrected chi connectivity index (χ0v) is 16.4. The van der Waals surface area contributed by atoms with Crippen LogP contribution in [0.2, 0.25) is 5.02 Å². The third kappa shape index (κ3) is 5.94. The Hall–Kier alpha value is -2.64. The molecular formula is C19H19ClN2O4S. The van der Waals surface area contributed by atoms with Gasteiger partial charge in [0.2, 0.25) is 0 Å². The monoisotopic (exact) mass is 406 g/mol. The van der Waals surface area contributed by atoms with Gasteiger partial charge in [0.15, 0.2) is 5.11 Å². The van der Waals surface area contributed by atoms with Crippen molar-refractivity contribution < 1.29 is 19.1 Å². The first-order valence-electron chi connectivity index (χ1n) is 8.17. The van der Waals surface area contributed by atoms with E-state index in [1.807, 2.05) is 6.92 Å². The van der Waals surface area contributed by atoms with Crippen LogP contribution in [0.15, 0.2) is 42.5 Å². The van der Waals surface area contributed by atoms with Crippen LogP contribution in [0.4, 0.5) is 5.69 Å². The average molecular weight is 407 g/mol. The number of hydrogen-bond donors (Lipinski definition) is 2. The van der Waals surface area contributed by atoms with E-state index in [1.165, 1.54) is 13.2 Å². The van der Waals surface area contributed by atoms with Crippen LogP contribution < -0.4 is 15.4 Å². The Labute approximate surface area is 167 Å². The van der Waals surface area contributed by atoms with Crippen molar-refractivity contribution in [3.05, 3.63) is 58.6 Å². The molecule has 27 heavy (non-hydrogen) atoms. The standard InChI is InChI=1S/C19H19ClN2O4S/c1-3-10-26-18(24)12-4-7-14(8-5-12)21-19(27)22-17(23)15-11-13(20)6-9-16(15)25-2/h4-9,11H,3,10H2,1-2H3,(H2,21,22,23,27). The summed E-state index contributed by atoms with van der Waals surface area (Å²) in [6, 6.07) is 11.3. The van der Waals surface area contributed by atoms with E-state index in [9.17, 15) is 9.59 Å². The fourth-order valence-electron chi connectivity index (χ4n) is 2.16. The number of carbonyl (C=O) groups excluding carboxylic acids is 2. The third-order valence-corrected chi connectivity index (χ3v) is 3.89. The fourth-order valence-corrected chi connectivity index (χ4v) is 2.54. The number of hydrogen-bond acceptors (Lipinski definition) is 5. The summed E-state index contributed by atoms with van der Waals surface area (Å²) in [7, 11) is 1.46. The number of anilines is 1. The highest BCUT2D eigenvalue weighted by Crippen LogP contribution is 2.22. The first-order valence-corrected chi connectivity index (χ1v) is 8.96. The molecule has 2 rings (SSSR count). The Kier molecular flexibility index (Phi) is 7.57. The fraction of sp³-hybridized carbons (Fsp3) is 0.211. The maximum absolute atomic E-state index is 12.4. The number of amides is 1. The van der Waals surface area contributed by atoms with Gasteiger partial charge in [0.05, 0.1) is 24.8 Å². The molecule has 1 amide bonds. The SMILES string of the molecule is CCCOC(=O)c1ccc(NC(=S)NC(=O)c2cc(Cl)ccc2OC)cc1. The van der Waals surface area contributed by atoms with Gasteiger partial charge in [-0.15, -0.1) is 0 Å². The van der Waals surface area contributed by atoms with Crippen LogP contribution in [0, 0.1) is 0 Å². The van der Waals surface area contributed by atoms with Crippen LogP contribution in [-0.4, -0.2) is 30.7 Å². The number of thiocarbonyl (C=S) groups is 1. The van der Waals surface area contributed by atoms with Gasteiger partial charge in [-0.3, -0.25) is 10.1 Å². The molecule has 2 aromatic rings. The van der Waals surface area contributed by atoms with Crippen LogP contribution in [0.5, 0.6) is 5.75 Å². The van der Waals surface area contributed by atoms with E-state index in [4.69, 9.17) is 33.3 Å². The molecule has 2 N–H and O–H groups in total. The minimum Gasteiger partial charge on any atom is -0.496 e. The Morgan fingerprint density at radius 3 is 2.48 bits per heavy atom. The lowest BCUT2D eigenvalue weighted by atomic mass is 10.2. The molecule has 0 aliphatic heterocycles. The minimum atomic E-state index is -0.452. The number of nitrogens with one attached hydrogen (secondary N) is 2. The molecule has 0 saturated carbocycles. The molecule has 0 atom stereocenters. The molecule has 142 valence electrons. The van der Waals surface area contributed by atoms with Crippen molar-refractivity contribution in [2.24, 2.45) is 0 Å². The Morgan fingerprint density at radius 1 is 1.15 bits per heavy atom. The van der Waals surface area contributed by atoms with Gasteiger partial charge in [-0.25, -0.2) is 4.79 Å². The van der Waals surface area contributed by atoms with Crippen molar-refractivity contribution in [1.29, 1.82) is 0 Å². The van der Waals surface area contributed by atoms with Gasteiger partial charge in [-0.1, -0.05) is 18.5 Å². The van der Waals surface area contributed by atoms with Gasteiger partial charge in [-0.05, 0) is 61.1 Å². The lowest BCUT2D eigenvalue weighted by Crippen LogP contribution is -2.34. The zero-order chi connectivity index (χ0) is 19.8. The molecule has 0 spiro atoms. The van der Waals surface area contributed by atoms with Crippen molar-refractivity contribution in [2.75, 3.05) is 19.0 Å². The normalized spacial score (nSPS) is 10.0. The predicted octanol–water partition coefficient (Wildman–Crippen LogP) is 4.04. The second kappa shape index (κ2) is 9.89. The maximum Gasteiger partial charge on any atom is 0.338 e. The van der Waals surface area contributed by atoms with Crippen molar-refractivity contribution in [1.82, 2.24) is 5.32 Å². The average Bonchev–Trinajstić information content (AvgIpc) is 2.66. The van der Waals surface area contributed by atoms with E-state index < -0.39 is 5.91 Å². The second-order valence-corrected chi connectivity index (χ2v) is 6.31. The molecule has 0 aliphatic rings. The number of halogens is 1. The summed E-state index contributed by atoms with van der Waals surface area (Å²) in [4.78, 5) is 24.2. The maximum atomic E-state index is 12.4. The Bertz CT molecular complexity index is 840. The smallest absolute Gasteiger partial charge is 0.338 e. The molecular weight excluding hydrogens is 388 g/mol. The zero-order valence-electron chi connectivity index (χ0n) is 14.9. The first kappa shape index (κ1) is 20.7. The number of rotatable bonds is 6. The Balaban J connectivity index is 1.98. The summed E-state index contributed by atoms with van der Waals surface area (Å²) >= 11 is 11.1. The van der Waals surface area contributed by atoms with Gasteiger partial charge in [0.1, 0.15) is 5.75 Å².